The molecule has 0 saturated carbocycles. The fourth-order valence-electron chi connectivity index (χ4n) is 4.17. The first-order chi connectivity index (χ1) is 19.1. The van der Waals surface area contributed by atoms with Crippen molar-refractivity contribution in [3.05, 3.63) is 76.8 Å². The second kappa shape index (κ2) is 10.4. The number of fused-ring (bicyclic) bond motifs is 1. The van der Waals surface area contributed by atoms with Crippen LogP contribution in [0.5, 0.6) is 5.75 Å². The van der Waals surface area contributed by atoms with Crippen LogP contribution < -0.4 is 15.8 Å². The summed E-state index contributed by atoms with van der Waals surface area (Å²) in [7, 11) is 0. The summed E-state index contributed by atoms with van der Waals surface area (Å²) in [6.07, 6.45) is -1.79. The summed E-state index contributed by atoms with van der Waals surface area (Å²) in [5.74, 6) is -1.02. The van der Waals surface area contributed by atoms with E-state index in [9.17, 15) is 22.8 Å². The van der Waals surface area contributed by atoms with Crippen LogP contribution in [-0.4, -0.2) is 36.4 Å². The fourth-order valence-corrected chi connectivity index (χ4v) is 5.18. The van der Waals surface area contributed by atoms with Gasteiger partial charge < -0.3 is 15.8 Å². The number of hydrogen-bond acceptors (Lipinski definition) is 7. The highest BCUT2D eigenvalue weighted by atomic mass is 32.1. The Morgan fingerprint density at radius 2 is 1.90 bits per heavy atom. The highest BCUT2D eigenvalue weighted by Gasteiger charge is 2.35. The van der Waals surface area contributed by atoms with Gasteiger partial charge in [0, 0.05) is 29.4 Å². The number of pyridine rings is 1. The zero-order valence-electron chi connectivity index (χ0n) is 21.2. The Labute approximate surface area is 229 Å². The molecule has 0 aliphatic heterocycles. The molecule has 0 unspecified atom stereocenters. The summed E-state index contributed by atoms with van der Waals surface area (Å²) in [4.78, 5) is 29.1. The first kappa shape index (κ1) is 26.9. The number of benzene rings is 1. The standard InChI is InChI=1S/C26H22F3N7O3S/c1-3-36-14(2)17(12-31-36)16-11-19(26(27,28)29)32-25-20(16)21(22(40-25)23(30)37)33-24(38)18-9-10-35(34-18)13-39-15-7-5-4-6-8-15/h4-12H,3,13H2,1-2H3,(H2,30,37)(H,33,38). The molecule has 0 fully saturated rings. The maximum absolute atomic E-state index is 13.8. The Morgan fingerprint density at radius 3 is 2.55 bits per heavy atom. The zero-order chi connectivity index (χ0) is 28.6. The van der Waals surface area contributed by atoms with E-state index in [4.69, 9.17) is 10.5 Å². The summed E-state index contributed by atoms with van der Waals surface area (Å²) < 4.78 is 50.0. The van der Waals surface area contributed by atoms with E-state index in [1.54, 1.807) is 23.7 Å². The molecule has 4 heterocycles. The minimum Gasteiger partial charge on any atom is -0.471 e. The van der Waals surface area contributed by atoms with Gasteiger partial charge in [-0.15, -0.1) is 11.3 Å². The number of thiophene rings is 1. The number of para-hydroxylation sites is 1. The van der Waals surface area contributed by atoms with Gasteiger partial charge in [-0.05, 0) is 43.7 Å². The number of anilines is 1. The van der Waals surface area contributed by atoms with Crippen molar-refractivity contribution in [2.45, 2.75) is 33.3 Å². The summed E-state index contributed by atoms with van der Waals surface area (Å²) in [5, 5.41) is 11.2. The van der Waals surface area contributed by atoms with Gasteiger partial charge in [0.25, 0.3) is 11.8 Å². The molecule has 0 aliphatic rings. The van der Waals surface area contributed by atoms with Crippen molar-refractivity contribution in [1.29, 1.82) is 0 Å². The van der Waals surface area contributed by atoms with E-state index in [1.807, 2.05) is 25.1 Å². The highest BCUT2D eigenvalue weighted by Crippen LogP contribution is 2.44. The molecule has 40 heavy (non-hydrogen) atoms. The Hall–Kier alpha value is -4.72. The largest absolute Gasteiger partial charge is 0.471 e. The third-order valence-corrected chi connectivity index (χ3v) is 7.19. The number of carbonyl (C=O) groups excluding carboxylic acids is 2. The number of aromatic nitrogens is 5. The van der Waals surface area contributed by atoms with E-state index in [2.05, 4.69) is 20.5 Å². The van der Waals surface area contributed by atoms with Gasteiger partial charge >= 0.3 is 6.18 Å². The second-order valence-electron chi connectivity index (χ2n) is 8.64. The number of alkyl halides is 3. The van der Waals surface area contributed by atoms with Gasteiger partial charge in [0.1, 0.15) is 21.2 Å². The molecular weight excluding hydrogens is 547 g/mol. The number of nitrogens with one attached hydrogen (secondary N) is 1. The number of nitrogens with zero attached hydrogens (tertiary/aromatic N) is 5. The molecule has 0 radical (unpaired) electrons. The lowest BCUT2D eigenvalue weighted by molar-refractivity contribution is -0.140. The van der Waals surface area contributed by atoms with Crippen molar-refractivity contribution in [2.24, 2.45) is 5.73 Å². The number of amides is 2. The number of primary amides is 1. The molecule has 0 atom stereocenters. The Bertz CT molecular complexity index is 1720. The highest BCUT2D eigenvalue weighted by molar-refractivity contribution is 7.21. The van der Waals surface area contributed by atoms with E-state index >= 15 is 0 Å². The van der Waals surface area contributed by atoms with Crippen LogP contribution in [0.25, 0.3) is 21.3 Å². The van der Waals surface area contributed by atoms with E-state index < -0.39 is 23.7 Å². The molecule has 4 aromatic heterocycles. The molecule has 5 rings (SSSR count). The normalized spacial score (nSPS) is 11.6. The fraction of sp³-hybridized carbons (Fsp3) is 0.192. The molecule has 14 heteroatoms. The number of ether oxygens (including phenoxy) is 1. The number of halogens is 3. The van der Waals surface area contributed by atoms with Gasteiger partial charge in [-0.2, -0.15) is 23.4 Å². The lowest BCUT2D eigenvalue weighted by Crippen LogP contribution is -2.18. The van der Waals surface area contributed by atoms with Crippen molar-refractivity contribution in [3.8, 4) is 16.9 Å². The monoisotopic (exact) mass is 569 g/mol. The second-order valence-corrected chi connectivity index (χ2v) is 9.64. The van der Waals surface area contributed by atoms with Crippen LogP contribution in [0.4, 0.5) is 18.9 Å². The van der Waals surface area contributed by atoms with Gasteiger partial charge in [-0.3, -0.25) is 14.3 Å². The Balaban J connectivity index is 1.56. The van der Waals surface area contributed by atoms with Crippen molar-refractivity contribution < 1.29 is 27.5 Å². The molecule has 3 N–H and O–H groups in total. The molecule has 1 aromatic carbocycles. The van der Waals surface area contributed by atoms with E-state index in [0.29, 0.717) is 34.9 Å². The lowest BCUT2D eigenvalue weighted by Gasteiger charge is -2.12. The first-order valence-electron chi connectivity index (χ1n) is 12.0. The van der Waals surface area contributed by atoms with E-state index in [-0.39, 0.29) is 38.8 Å². The maximum Gasteiger partial charge on any atom is 0.433 e. The van der Waals surface area contributed by atoms with Gasteiger partial charge in [-0.1, -0.05) is 18.2 Å². The average molecular weight is 570 g/mol. The van der Waals surface area contributed by atoms with Crippen LogP contribution in [0.2, 0.25) is 0 Å². The molecule has 5 aromatic rings. The molecule has 206 valence electrons. The SMILES string of the molecule is CCn1ncc(-c2cc(C(F)(F)F)nc3sc(C(N)=O)c(NC(=O)c4ccn(COc5ccccc5)n4)c23)c1C. The zero-order valence-corrected chi connectivity index (χ0v) is 22.0. The first-order valence-corrected chi connectivity index (χ1v) is 12.8. The number of aryl methyl sites for hydroxylation is 1. The minimum absolute atomic E-state index is 0.0113. The maximum atomic E-state index is 13.8. The van der Waals surface area contributed by atoms with Crippen LogP contribution in [0.3, 0.4) is 0 Å². The summed E-state index contributed by atoms with van der Waals surface area (Å²) in [6, 6.07) is 11.3. The predicted octanol–water partition coefficient (Wildman–Crippen LogP) is 5.09. The summed E-state index contributed by atoms with van der Waals surface area (Å²) >= 11 is 0.664. The third-order valence-electron chi connectivity index (χ3n) is 6.09. The number of hydrogen-bond donors (Lipinski definition) is 2. The van der Waals surface area contributed by atoms with E-state index in [1.165, 1.54) is 23.1 Å². The topological polar surface area (TPSA) is 130 Å². The van der Waals surface area contributed by atoms with E-state index in [0.717, 1.165) is 6.07 Å². The predicted molar refractivity (Wildman–Crippen MR) is 142 cm³/mol. The van der Waals surface area contributed by atoms with Gasteiger partial charge in [0.15, 0.2) is 12.4 Å². The van der Waals surface area contributed by atoms with Crippen molar-refractivity contribution in [1.82, 2.24) is 24.5 Å². The van der Waals surface area contributed by atoms with Gasteiger partial charge in [0.2, 0.25) is 0 Å². The smallest absolute Gasteiger partial charge is 0.433 e. The molecular formula is C26H22F3N7O3S. The molecule has 0 spiro atoms. The number of carbonyl (C=O) groups is 2. The van der Waals surface area contributed by atoms with Crippen LogP contribution in [-0.2, 0) is 19.5 Å². The molecule has 0 aliphatic carbocycles. The lowest BCUT2D eigenvalue weighted by atomic mass is 10.0. The van der Waals surface area contributed by atoms with Crippen LogP contribution in [0.15, 0.2) is 54.9 Å². The quantitative estimate of drug-likeness (QED) is 0.268. The summed E-state index contributed by atoms with van der Waals surface area (Å²) in [6.45, 7) is 4.08. The Kier molecular flexibility index (Phi) is 7.02. The molecule has 0 saturated heterocycles. The van der Waals surface area contributed by atoms with Gasteiger partial charge in [-0.25, -0.2) is 9.67 Å². The number of rotatable bonds is 8. The van der Waals surface area contributed by atoms with Crippen molar-refractivity contribution in [2.75, 3.05) is 5.32 Å². The molecule has 0 bridgehead atoms. The third kappa shape index (κ3) is 5.12. The minimum atomic E-state index is -4.76. The summed E-state index contributed by atoms with van der Waals surface area (Å²) in [5.41, 5.74) is 5.47. The van der Waals surface area contributed by atoms with Gasteiger partial charge in [0.05, 0.1) is 11.9 Å². The molecule has 2 amide bonds. The number of nitrogens with two attached hydrogens (primary N) is 1. The molecule has 10 nitrogen and oxygen atoms in total. The van der Waals surface area contributed by atoms with Crippen LogP contribution >= 0.6 is 11.3 Å². The van der Waals surface area contributed by atoms with Crippen LogP contribution in [0, 0.1) is 6.92 Å². The van der Waals surface area contributed by atoms with Crippen molar-refractivity contribution in [3.63, 3.8) is 0 Å². The average Bonchev–Trinajstić information content (AvgIpc) is 3.64. The Morgan fingerprint density at radius 1 is 1.15 bits per heavy atom. The van der Waals surface area contributed by atoms with Crippen molar-refractivity contribution >= 4 is 39.1 Å². The van der Waals surface area contributed by atoms with Crippen LogP contribution in [0.1, 0.15) is 38.5 Å².